The molecule has 0 saturated carbocycles. The molecule has 3 rings (SSSR count). The number of likely N-dealkylation sites (tertiary alicyclic amines) is 1. The number of phenolic OH excluding ortho intramolecular Hbond substituents is 1. The van der Waals surface area contributed by atoms with Gasteiger partial charge in [0.1, 0.15) is 5.75 Å². The summed E-state index contributed by atoms with van der Waals surface area (Å²) in [5.74, 6) is -3.24. The number of carboxylic acids is 2. The average Bonchev–Trinajstić information content (AvgIpc) is 2.72. The number of carbonyl (C=O) groups is 2. The molecule has 2 saturated heterocycles. The van der Waals surface area contributed by atoms with Gasteiger partial charge in [-0.15, -0.1) is 0 Å². The Bertz CT molecular complexity index is 675. The van der Waals surface area contributed by atoms with Gasteiger partial charge in [-0.3, -0.25) is 9.80 Å². The summed E-state index contributed by atoms with van der Waals surface area (Å²) in [6, 6.07) is 6.45. The Morgan fingerprint density at radius 3 is 2.10 bits per heavy atom. The van der Waals surface area contributed by atoms with E-state index in [1.165, 1.54) is 45.6 Å². The number of hydrogen-bond donors (Lipinski definition) is 3. The average molecular weight is 472 g/mol. The molecule has 0 spiro atoms. The van der Waals surface area contributed by atoms with Crippen LogP contribution in [0.2, 0.25) is 0 Å². The smallest absolute Gasteiger partial charge is 0.414 e. The zero-order chi connectivity index (χ0) is 21.4. The monoisotopic (exact) mass is 471 g/mol. The van der Waals surface area contributed by atoms with Crippen LogP contribution in [0.4, 0.5) is 0 Å². The van der Waals surface area contributed by atoms with Crippen molar-refractivity contribution in [3.8, 4) is 5.75 Å². The van der Waals surface area contributed by atoms with E-state index in [4.69, 9.17) is 19.8 Å². The van der Waals surface area contributed by atoms with Crippen LogP contribution in [0.3, 0.4) is 0 Å². The molecule has 1 aromatic rings. The molecule has 2 aliphatic heterocycles. The van der Waals surface area contributed by atoms with Gasteiger partial charge in [-0.1, -0.05) is 22.9 Å². The first-order chi connectivity index (χ1) is 13.8. The van der Waals surface area contributed by atoms with Crippen LogP contribution in [0.5, 0.6) is 5.75 Å². The molecule has 162 valence electrons. The Hall–Kier alpha value is -1.68. The number of aliphatic carboxylic acids is 2. The van der Waals surface area contributed by atoms with Gasteiger partial charge in [0.05, 0.1) is 0 Å². The van der Waals surface area contributed by atoms with Gasteiger partial charge in [-0.05, 0) is 50.7 Å². The normalized spacial score (nSPS) is 19.4. The number of piperidine rings is 1. The minimum absolute atomic E-state index is 0.408. The van der Waals surface area contributed by atoms with Crippen molar-refractivity contribution in [2.45, 2.75) is 32.4 Å². The Kier molecular flexibility index (Phi) is 9.35. The lowest BCUT2D eigenvalue weighted by Gasteiger charge is -2.42. The number of rotatable bonds is 4. The minimum Gasteiger partial charge on any atom is -0.508 e. The van der Waals surface area contributed by atoms with Crippen LogP contribution in [0.1, 0.15) is 25.3 Å². The van der Waals surface area contributed by atoms with Crippen molar-refractivity contribution in [1.82, 2.24) is 14.7 Å². The van der Waals surface area contributed by atoms with Crippen molar-refractivity contribution < 1.29 is 24.9 Å². The summed E-state index contributed by atoms with van der Waals surface area (Å²) in [5, 5.41) is 24.8. The summed E-state index contributed by atoms with van der Waals surface area (Å²) in [7, 11) is 0. The summed E-state index contributed by atoms with van der Waals surface area (Å²) >= 11 is 3.49. The van der Waals surface area contributed by atoms with Gasteiger partial charge in [0.15, 0.2) is 0 Å². The van der Waals surface area contributed by atoms with E-state index in [1.807, 2.05) is 12.1 Å². The molecule has 0 bridgehead atoms. The topological polar surface area (TPSA) is 105 Å². The number of carboxylic acid groups (broad SMARTS) is 2. The maximum absolute atomic E-state index is 10.0. The number of phenols is 1. The van der Waals surface area contributed by atoms with E-state index in [0.717, 1.165) is 35.7 Å². The Balaban J connectivity index is 0.000000438. The molecule has 0 amide bonds. The van der Waals surface area contributed by atoms with Gasteiger partial charge in [0, 0.05) is 48.8 Å². The predicted octanol–water partition coefficient (Wildman–Crippen LogP) is 1.91. The van der Waals surface area contributed by atoms with Gasteiger partial charge in [-0.25, -0.2) is 9.59 Å². The zero-order valence-corrected chi connectivity index (χ0v) is 18.3. The summed E-state index contributed by atoms with van der Waals surface area (Å²) in [6.45, 7) is 11.5. The summed E-state index contributed by atoms with van der Waals surface area (Å²) < 4.78 is 1.04. The second-order valence-corrected chi connectivity index (χ2v) is 8.28. The van der Waals surface area contributed by atoms with Crippen molar-refractivity contribution in [3.05, 3.63) is 28.2 Å². The first-order valence-corrected chi connectivity index (χ1v) is 10.7. The maximum Gasteiger partial charge on any atom is 0.414 e. The molecule has 0 unspecified atom stereocenters. The van der Waals surface area contributed by atoms with E-state index in [-0.39, 0.29) is 0 Å². The fourth-order valence-corrected chi connectivity index (χ4v) is 4.22. The molecule has 9 heteroatoms. The molecule has 3 N–H and O–H groups in total. The lowest BCUT2D eigenvalue weighted by atomic mass is 10.0. The number of nitrogens with zero attached hydrogens (tertiary/aromatic N) is 3. The maximum atomic E-state index is 10.0. The quantitative estimate of drug-likeness (QED) is 0.571. The highest BCUT2D eigenvalue weighted by atomic mass is 79.9. The van der Waals surface area contributed by atoms with E-state index < -0.39 is 11.9 Å². The summed E-state index contributed by atoms with van der Waals surface area (Å²) in [5.41, 5.74) is 1.02. The Labute approximate surface area is 179 Å². The third kappa shape index (κ3) is 7.58. The van der Waals surface area contributed by atoms with Crippen LogP contribution in [0.25, 0.3) is 0 Å². The van der Waals surface area contributed by atoms with Gasteiger partial charge < -0.3 is 20.2 Å². The van der Waals surface area contributed by atoms with Gasteiger partial charge in [0.25, 0.3) is 0 Å². The number of benzene rings is 1. The zero-order valence-electron chi connectivity index (χ0n) is 16.8. The third-order valence-corrected chi connectivity index (χ3v) is 6.04. The Morgan fingerprint density at radius 2 is 1.59 bits per heavy atom. The fraction of sp³-hybridized carbons (Fsp3) is 0.600. The highest BCUT2D eigenvalue weighted by Crippen LogP contribution is 2.25. The summed E-state index contributed by atoms with van der Waals surface area (Å²) in [6.07, 6.45) is 2.50. The van der Waals surface area contributed by atoms with E-state index in [1.54, 1.807) is 6.07 Å². The molecule has 2 aliphatic rings. The molecule has 1 aromatic carbocycles. The van der Waals surface area contributed by atoms with Crippen molar-refractivity contribution >= 4 is 27.9 Å². The second-order valence-electron chi connectivity index (χ2n) is 7.36. The van der Waals surface area contributed by atoms with Crippen LogP contribution in [-0.2, 0) is 16.1 Å². The van der Waals surface area contributed by atoms with E-state index in [2.05, 4.69) is 37.6 Å². The number of likely N-dealkylation sites (N-methyl/N-ethyl adjacent to an activating group) is 1. The minimum atomic E-state index is -1.82. The first kappa shape index (κ1) is 23.6. The van der Waals surface area contributed by atoms with E-state index >= 15 is 0 Å². The molecule has 0 atom stereocenters. The molecule has 8 nitrogen and oxygen atoms in total. The number of hydrogen-bond acceptors (Lipinski definition) is 6. The van der Waals surface area contributed by atoms with Gasteiger partial charge in [0.2, 0.25) is 0 Å². The van der Waals surface area contributed by atoms with Crippen LogP contribution >= 0.6 is 15.9 Å². The van der Waals surface area contributed by atoms with Crippen molar-refractivity contribution in [2.24, 2.45) is 0 Å². The lowest BCUT2D eigenvalue weighted by molar-refractivity contribution is -0.159. The lowest BCUT2D eigenvalue weighted by Crippen LogP contribution is -2.52. The van der Waals surface area contributed by atoms with Crippen LogP contribution in [-0.4, -0.2) is 93.8 Å². The predicted molar refractivity (Wildman–Crippen MR) is 113 cm³/mol. The molecule has 2 heterocycles. The van der Waals surface area contributed by atoms with Crippen LogP contribution < -0.4 is 0 Å². The Morgan fingerprint density at radius 1 is 1.00 bits per heavy atom. The first-order valence-electron chi connectivity index (χ1n) is 9.92. The molecular formula is C20H30BrN3O5. The third-order valence-electron chi connectivity index (χ3n) is 5.55. The van der Waals surface area contributed by atoms with Crippen molar-refractivity contribution in [1.29, 1.82) is 0 Å². The largest absolute Gasteiger partial charge is 0.508 e. The van der Waals surface area contributed by atoms with Crippen LogP contribution in [0, 0.1) is 0 Å². The molecule has 0 aliphatic carbocycles. The van der Waals surface area contributed by atoms with Crippen molar-refractivity contribution in [2.75, 3.05) is 45.8 Å². The molecule has 2 fully saturated rings. The summed E-state index contributed by atoms with van der Waals surface area (Å²) in [4.78, 5) is 25.9. The highest BCUT2D eigenvalue weighted by molar-refractivity contribution is 9.10. The molecular weight excluding hydrogens is 442 g/mol. The highest BCUT2D eigenvalue weighted by Gasteiger charge is 2.27. The van der Waals surface area contributed by atoms with Crippen LogP contribution in [0.15, 0.2) is 22.7 Å². The number of piperazine rings is 1. The number of halogens is 1. The van der Waals surface area contributed by atoms with Crippen molar-refractivity contribution in [3.63, 3.8) is 0 Å². The van der Waals surface area contributed by atoms with E-state index in [9.17, 15) is 5.11 Å². The van der Waals surface area contributed by atoms with E-state index in [0.29, 0.717) is 5.75 Å². The second kappa shape index (κ2) is 11.5. The fourth-order valence-electron chi connectivity index (χ4n) is 3.81. The van der Waals surface area contributed by atoms with Gasteiger partial charge >= 0.3 is 11.9 Å². The number of aromatic hydroxyl groups is 1. The molecule has 0 aromatic heterocycles. The SMILES string of the molecule is CCN1CCN(C2CCN(Cc3cc(Br)ccc3O)CC2)CC1.O=C(O)C(=O)O. The molecule has 0 radical (unpaired) electrons. The standard InChI is InChI=1S/C18H28BrN3O.C2H2O4/c1-2-20-9-11-22(12-10-20)17-5-7-21(8-6-17)14-15-13-16(19)3-4-18(15)23;3-1(4)2(5)6/h3-4,13,17,23H,2,5-12,14H2,1H3;(H,3,4)(H,5,6). The van der Waals surface area contributed by atoms with Gasteiger partial charge in [-0.2, -0.15) is 0 Å². The molecule has 29 heavy (non-hydrogen) atoms.